The lowest BCUT2D eigenvalue weighted by atomic mass is 10.1. The standard InChI is InChI=1S/C15H8F2N4/c16-13-4-2-9(14(17)21-13)11-3-1-8-10-7-18-6-5-12(10)20-15(8)19-11/h1-7H,(H,19,20)/i16-1,17+0. The number of hydrogen-bond acceptors (Lipinski definition) is 3. The first-order chi connectivity index (χ1) is 10.2. The summed E-state index contributed by atoms with van der Waals surface area (Å²) >= 11 is 0. The summed E-state index contributed by atoms with van der Waals surface area (Å²) in [6, 6.07) is 7.80. The van der Waals surface area contributed by atoms with E-state index >= 15 is 0 Å². The Morgan fingerprint density at radius 2 is 1.81 bits per heavy atom. The summed E-state index contributed by atoms with van der Waals surface area (Å²) in [5.74, 6) is -1.73. The second-order valence-corrected chi connectivity index (χ2v) is 4.61. The third-order valence-electron chi connectivity index (χ3n) is 3.35. The Morgan fingerprint density at radius 3 is 2.67 bits per heavy atom. The van der Waals surface area contributed by atoms with E-state index in [2.05, 4.69) is 19.9 Å². The Balaban J connectivity index is 1.96. The molecule has 0 aliphatic rings. The molecule has 4 aromatic heterocycles. The zero-order valence-corrected chi connectivity index (χ0v) is 10.6. The Hall–Kier alpha value is -2.89. The van der Waals surface area contributed by atoms with Crippen molar-refractivity contribution in [3.05, 3.63) is 54.6 Å². The summed E-state index contributed by atoms with van der Waals surface area (Å²) in [5, 5.41) is 1.85. The van der Waals surface area contributed by atoms with Crippen molar-refractivity contribution >= 4 is 21.9 Å². The van der Waals surface area contributed by atoms with Crippen LogP contribution in [0.3, 0.4) is 0 Å². The first-order valence-corrected chi connectivity index (χ1v) is 6.27. The van der Waals surface area contributed by atoms with E-state index in [1.165, 1.54) is 6.07 Å². The summed E-state index contributed by atoms with van der Waals surface area (Å²) in [6.07, 6.45) is 3.43. The lowest BCUT2D eigenvalue weighted by molar-refractivity contribution is 0.515. The summed E-state index contributed by atoms with van der Waals surface area (Å²) in [6.45, 7) is 0. The van der Waals surface area contributed by atoms with Gasteiger partial charge in [0, 0.05) is 23.2 Å². The van der Waals surface area contributed by atoms with E-state index in [1.54, 1.807) is 18.5 Å². The number of nitrogens with one attached hydrogen (secondary N) is 1. The minimum absolute atomic E-state index is 0.162. The molecular weight excluding hydrogens is 273 g/mol. The molecular formula is C15H8F2N4. The molecule has 4 nitrogen and oxygen atoms in total. The molecule has 4 aromatic rings. The smallest absolute Gasteiger partial charge is 0.224 e. The van der Waals surface area contributed by atoms with Crippen LogP contribution in [0.4, 0.5) is 8.78 Å². The van der Waals surface area contributed by atoms with Crippen molar-refractivity contribution < 1.29 is 8.78 Å². The SMILES string of the molecule is [18F]c1ccc(-c2ccc3c(n2)[nH]c2ccncc23)c([19F])n1. The zero-order valence-electron chi connectivity index (χ0n) is 10.6. The number of pyridine rings is 3. The molecule has 1 N–H and O–H groups in total. The molecule has 0 spiro atoms. The lowest BCUT2D eigenvalue weighted by Crippen LogP contribution is -1.94. The number of hydrogen-bond donors (Lipinski definition) is 1. The van der Waals surface area contributed by atoms with Gasteiger partial charge in [-0.15, -0.1) is 0 Å². The average Bonchev–Trinajstić information content (AvgIpc) is 2.84. The fourth-order valence-corrected chi connectivity index (χ4v) is 2.37. The minimum Gasteiger partial charge on any atom is -0.339 e. The third kappa shape index (κ3) is 1.84. The first kappa shape index (κ1) is 11.9. The van der Waals surface area contributed by atoms with Gasteiger partial charge < -0.3 is 4.98 Å². The largest absolute Gasteiger partial charge is 0.339 e. The Morgan fingerprint density at radius 1 is 0.905 bits per heavy atom. The fraction of sp³-hybridized carbons (Fsp3) is 0. The number of aromatic nitrogens is 4. The van der Waals surface area contributed by atoms with Crippen molar-refractivity contribution in [2.45, 2.75) is 0 Å². The molecule has 0 fully saturated rings. The van der Waals surface area contributed by atoms with Crippen LogP contribution in [-0.2, 0) is 0 Å². The molecule has 102 valence electrons. The minimum atomic E-state index is -0.875. The van der Waals surface area contributed by atoms with Gasteiger partial charge in [0.2, 0.25) is 11.9 Å². The van der Waals surface area contributed by atoms with Gasteiger partial charge in [0.05, 0.1) is 16.8 Å². The van der Waals surface area contributed by atoms with Crippen LogP contribution in [0.2, 0.25) is 0 Å². The van der Waals surface area contributed by atoms with Gasteiger partial charge in [-0.3, -0.25) is 4.98 Å². The monoisotopic (exact) mass is 281 g/mol. The Labute approximate surface area is 117 Å². The van der Waals surface area contributed by atoms with Crippen LogP contribution in [-0.4, -0.2) is 19.9 Å². The van der Waals surface area contributed by atoms with Gasteiger partial charge in [0.15, 0.2) is 0 Å². The fourth-order valence-electron chi connectivity index (χ4n) is 2.37. The van der Waals surface area contributed by atoms with Crippen molar-refractivity contribution in [2.24, 2.45) is 0 Å². The van der Waals surface area contributed by atoms with Gasteiger partial charge in [-0.1, -0.05) is 0 Å². The van der Waals surface area contributed by atoms with Crippen molar-refractivity contribution in [3.8, 4) is 11.3 Å². The van der Waals surface area contributed by atoms with Crippen LogP contribution in [0.1, 0.15) is 0 Å². The topological polar surface area (TPSA) is 54.5 Å². The molecule has 0 saturated carbocycles. The van der Waals surface area contributed by atoms with Crippen LogP contribution in [0.5, 0.6) is 0 Å². The van der Waals surface area contributed by atoms with Crippen LogP contribution in [0.25, 0.3) is 33.2 Å². The number of nitrogens with zero attached hydrogens (tertiary/aromatic N) is 3. The van der Waals surface area contributed by atoms with Crippen LogP contribution >= 0.6 is 0 Å². The van der Waals surface area contributed by atoms with E-state index in [4.69, 9.17) is 0 Å². The maximum Gasteiger partial charge on any atom is 0.224 e. The summed E-state index contributed by atoms with van der Waals surface area (Å²) in [5.41, 5.74) is 2.09. The van der Waals surface area contributed by atoms with E-state index in [0.29, 0.717) is 11.3 Å². The molecule has 4 rings (SSSR count). The van der Waals surface area contributed by atoms with Crippen LogP contribution in [0.15, 0.2) is 42.7 Å². The molecule has 0 unspecified atom stereocenters. The third-order valence-corrected chi connectivity index (χ3v) is 3.35. The highest BCUT2D eigenvalue weighted by Gasteiger charge is 2.11. The highest BCUT2D eigenvalue weighted by Crippen LogP contribution is 2.27. The second-order valence-electron chi connectivity index (χ2n) is 4.61. The Kier molecular flexibility index (Phi) is 2.44. The molecule has 4 heterocycles. The van der Waals surface area contributed by atoms with Gasteiger partial charge >= 0.3 is 0 Å². The van der Waals surface area contributed by atoms with Crippen molar-refractivity contribution in [2.75, 3.05) is 0 Å². The molecule has 0 saturated heterocycles. The van der Waals surface area contributed by atoms with Gasteiger partial charge in [0.25, 0.3) is 0 Å². The lowest BCUT2D eigenvalue weighted by Gasteiger charge is -2.02. The first-order valence-electron chi connectivity index (χ1n) is 6.27. The van der Waals surface area contributed by atoms with Gasteiger partial charge in [-0.25, -0.2) is 4.98 Å². The molecule has 21 heavy (non-hydrogen) atoms. The zero-order chi connectivity index (χ0) is 14.4. The quantitative estimate of drug-likeness (QED) is 0.544. The van der Waals surface area contributed by atoms with Crippen molar-refractivity contribution in [1.82, 2.24) is 19.9 Å². The van der Waals surface area contributed by atoms with Crippen LogP contribution in [0, 0.1) is 11.9 Å². The molecule has 0 aromatic carbocycles. The predicted octanol–water partition coefficient (Wildman–Crippen LogP) is 3.45. The Bertz CT molecular complexity index is 978. The van der Waals surface area contributed by atoms with Gasteiger partial charge in [-0.2, -0.15) is 13.8 Å². The van der Waals surface area contributed by atoms with E-state index in [-0.39, 0.29) is 5.56 Å². The molecule has 6 heteroatoms. The summed E-state index contributed by atoms with van der Waals surface area (Å²) in [4.78, 5) is 14.8. The van der Waals surface area contributed by atoms with E-state index in [9.17, 15) is 8.78 Å². The molecule has 0 amide bonds. The predicted molar refractivity (Wildman–Crippen MR) is 74.5 cm³/mol. The second kappa shape index (κ2) is 4.31. The maximum atomic E-state index is 13.7. The normalized spacial score (nSPS) is 11.3. The number of halogens is 2. The van der Waals surface area contributed by atoms with Gasteiger partial charge in [0.1, 0.15) is 5.65 Å². The molecule has 0 aliphatic carbocycles. The van der Waals surface area contributed by atoms with E-state index < -0.39 is 11.9 Å². The van der Waals surface area contributed by atoms with E-state index in [0.717, 1.165) is 22.4 Å². The summed E-state index contributed by atoms with van der Waals surface area (Å²) < 4.78 is 26.6. The number of aromatic amines is 1. The van der Waals surface area contributed by atoms with Gasteiger partial charge in [-0.05, 0) is 30.3 Å². The number of H-pyrrole nitrogens is 1. The molecule has 0 radical (unpaired) electrons. The molecule has 0 aliphatic heterocycles. The highest BCUT2D eigenvalue weighted by molar-refractivity contribution is 6.05. The van der Waals surface area contributed by atoms with Crippen LogP contribution < -0.4 is 0 Å². The number of rotatable bonds is 1. The maximum absolute atomic E-state index is 13.7. The summed E-state index contributed by atoms with van der Waals surface area (Å²) in [7, 11) is 0. The number of fused-ring (bicyclic) bond motifs is 3. The van der Waals surface area contributed by atoms with Crippen molar-refractivity contribution in [1.29, 1.82) is 0 Å². The average molecular weight is 281 g/mol. The molecule has 0 bridgehead atoms. The van der Waals surface area contributed by atoms with E-state index in [1.807, 2.05) is 12.1 Å². The highest BCUT2D eigenvalue weighted by atomic mass is 19.1. The van der Waals surface area contributed by atoms with Crippen molar-refractivity contribution in [3.63, 3.8) is 0 Å². The molecule has 0 atom stereocenters.